The zero-order valence-electron chi connectivity index (χ0n) is 16.7. The van der Waals surface area contributed by atoms with Crippen LogP contribution in [-0.2, 0) is 12.7 Å². The van der Waals surface area contributed by atoms with Crippen molar-refractivity contribution in [1.29, 1.82) is 0 Å². The minimum Gasteiger partial charge on any atom is -0.463 e. The lowest BCUT2D eigenvalue weighted by Gasteiger charge is -2.31. The van der Waals surface area contributed by atoms with Crippen molar-refractivity contribution in [2.45, 2.75) is 25.6 Å². The summed E-state index contributed by atoms with van der Waals surface area (Å²) in [4.78, 5) is 5.82. The summed E-state index contributed by atoms with van der Waals surface area (Å²) >= 11 is 0. The maximum atomic E-state index is 14.1. The van der Waals surface area contributed by atoms with Crippen LogP contribution in [0.15, 0.2) is 54.6 Å². The monoisotopic (exact) mass is 434 g/mol. The molecule has 3 aromatic rings. The second kappa shape index (κ2) is 9.05. The van der Waals surface area contributed by atoms with Gasteiger partial charge in [-0.2, -0.15) is 22.8 Å². The number of benzene rings is 2. The van der Waals surface area contributed by atoms with Crippen LogP contribution in [0.5, 0.6) is 6.01 Å². The molecule has 0 bridgehead atoms. The molecular formula is C22H22F4N4O. The number of hydrogen-bond donors (Lipinski definition) is 0. The molecule has 5 nitrogen and oxygen atoms in total. The van der Waals surface area contributed by atoms with Gasteiger partial charge in [-0.15, -0.1) is 5.10 Å². The Bertz CT molecular complexity index is 998. The summed E-state index contributed by atoms with van der Waals surface area (Å²) < 4.78 is 59.9. The van der Waals surface area contributed by atoms with Crippen LogP contribution in [0.4, 0.5) is 17.6 Å². The largest absolute Gasteiger partial charge is 0.463 e. The Morgan fingerprint density at radius 3 is 2.32 bits per heavy atom. The van der Waals surface area contributed by atoms with Crippen molar-refractivity contribution in [2.24, 2.45) is 5.92 Å². The lowest BCUT2D eigenvalue weighted by molar-refractivity contribution is -0.144. The van der Waals surface area contributed by atoms with Gasteiger partial charge >= 0.3 is 12.2 Å². The van der Waals surface area contributed by atoms with Crippen molar-refractivity contribution in [3.63, 3.8) is 0 Å². The van der Waals surface area contributed by atoms with Crippen LogP contribution >= 0.6 is 0 Å². The highest BCUT2D eigenvalue weighted by Gasteiger charge is 2.38. The third-order valence-corrected chi connectivity index (χ3v) is 5.32. The van der Waals surface area contributed by atoms with Crippen LogP contribution in [0.2, 0.25) is 0 Å². The molecule has 0 spiro atoms. The summed E-state index contributed by atoms with van der Waals surface area (Å²) in [6, 6.07) is 15.3. The lowest BCUT2D eigenvalue weighted by atomic mass is 9.97. The van der Waals surface area contributed by atoms with E-state index in [0.29, 0.717) is 0 Å². The van der Waals surface area contributed by atoms with E-state index in [4.69, 9.17) is 4.74 Å². The Morgan fingerprint density at radius 1 is 0.968 bits per heavy atom. The molecule has 0 N–H and O–H groups in total. The number of piperidine rings is 1. The molecule has 0 radical (unpaired) electrons. The minimum absolute atomic E-state index is 0.141. The van der Waals surface area contributed by atoms with Crippen molar-refractivity contribution in [3.8, 4) is 11.7 Å². The smallest absolute Gasteiger partial charge is 0.453 e. The van der Waals surface area contributed by atoms with E-state index in [1.807, 2.05) is 18.2 Å². The Hall–Kier alpha value is -2.94. The van der Waals surface area contributed by atoms with Crippen LogP contribution in [0, 0.1) is 11.7 Å². The molecule has 1 aliphatic rings. The number of alkyl halides is 3. The third kappa shape index (κ3) is 5.22. The van der Waals surface area contributed by atoms with Crippen molar-refractivity contribution < 1.29 is 22.3 Å². The highest BCUT2D eigenvalue weighted by Crippen LogP contribution is 2.30. The molecular weight excluding hydrogens is 412 g/mol. The first-order valence-electron chi connectivity index (χ1n) is 10.1. The minimum atomic E-state index is -4.75. The van der Waals surface area contributed by atoms with Gasteiger partial charge in [0.05, 0.1) is 6.61 Å². The number of aromatic nitrogens is 3. The number of halogens is 4. The summed E-state index contributed by atoms with van der Waals surface area (Å²) in [5.74, 6) is -1.89. The summed E-state index contributed by atoms with van der Waals surface area (Å²) in [7, 11) is 0. The molecule has 2 heterocycles. The van der Waals surface area contributed by atoms with Crippen LogP contribution in [0.25, 0.3) is 5.69 Å². The van der Waals surface area contributed by atoms with E-state index in [0.717, 1.165) is 43.2 Å². The van der Waals surface area contributed by atoms with Gasteiger partial charge in [-0.05, 0) is 49.5 Å². The van der Waals surface area contributed by atoms with Crippen molar-refractivity contribution >= 4 is 0 Å². The van der Waals surface area contributed by atoms with Crippen molar-refractivity contribution in [2.75, 3.05) is 19.7 Å². The van der Waals surface area contributed by atoms with Crippen LogP contribution in [-0.4, -0.2) is 39.4 Å². The van der Waals surface area contributed by atoms with E-state index in [1.54, 1.807) is 0 Å². The highest BCUT2D eigenvalue weighted by molar-refractivity contribution is 5.34. The third-order valence-electron chi connectivity index (χ3n) is 5.32. The molecule has 2 aromatic carbocycles. The van der Waals surface area contributed by atoms with E-state index < -0.39 is 17.8 Å². The number of hydrogen-bond acceptors (Lipinski definition) is 4. The van der Waals surface area contributed by atoms with Gasteiger partial charge < -0.3 is 4.74 Å². The van der Waals surface area contributed by atoms with E-state index in [2.05, 4.69) is 27.1 Å². The quantitative estimate of drug-likeness (QED) is 0.527. The number of ether oxygens (including phenoxy) is 1. The molecule has 1 aromatic heterocycles. The van der Waals surface area contributed by atoms with Crippen LogP contribution in [0.3, 0.4) is 0 Å². The Balaban J connectivity index is 1.40. The fourth-order valence-corrected chi connectivity index (χ4v) is 3.64. The first-order valence-corrected chi connectivity index (χ1v) is 10.1. The molecule has 1 saturated heterocycles. The predicted octanol–water partition coefficient (Wildman–Crippen LogP) is 4.72. The zero-order chi connectivity index (χ0) is 21.8. The van der Waals surface area contributed by atoms with Gasteiger partial charge in [-0.3, -0.25) is 4.90 Å². The molecule has 1 fully saturated rings. The molecule has 0 amide bonds. The topological polar surface area (TPSA) is 43.2 Å². The molecule has 1 aliphatic heterocycles. The molecule has 4 rings (SSSR count). The number of nitrogens with zero attached hydrogens (tertiary/aromatic N) is 4. The zero-order valence-corrected chi connectivity index (χ0v) is 16.7. The average Bonchev–Trinajstić information content (AvgIpc) is 3.19. The molecule has 0 atom stereocenters. The second-order valence-corrected chi connectivity index (χ2v) is 7.60. The van der Waals surface area contributed by atoms with E-state index in [-0.39, 0.29) is 24.2 Å². The average molecular weight is 434 g/mol. The van der Waals surface area contributed by atoms with Gasteiger partial charge in [-0.25, -0.2) is 4.39 Å². The molecule has 164 valence electrons. The summed E-state index contributed by atoms with van der Waals surface area (Å²) in [5.41, 5.74) is 1.10. The van der Waals surface area contributed by atoms with Crippen molar-refractivity contribution in [1.82, 2.24) is 19.7 Å². The molecule has 0 unspecified atom stereocenters. The maximum Gasteiger partial charge on any atom is 0.453 e. The first kappa shape index (κ1) is 21.3. The lowest BCUT2D eigenvalue weighted by Crippen LogP contribution is -2.35. The van der Waals surface area contributed by atoms with Gasteiger partial charge in [0.15, 0.2) is 0 Å². The SMILES string of the molecule is Fc1ccccc1-n1nc(C(F)(F)F)nc1OCC1CCN(Cc2ccccc2)CC1. The Kier molecular flexibility index (Phi) is 6.22. The van der Waals surface area contributed by atoms with Gasteiger partial charge in [0.2, 0.25) is 0 Å². The summed E-state index contributed by atoms with van der Waals surface area (Å²) in [5, 5.41) is 3.44. The second-order valence-electron chi connectivity index (χ2n) is 7.60. The Morgan fingerprint density at radius 2 is 1.65 bits per heavy atom. The standard InChI is InChI=1S/C22H22F4N4O/c23-18-8-4-5-9-19(18)30-21(27-20(28-30)22(24,25)26)31-15-17-10-12-29(13-11-17)14-16-6-2-1-3-7-16/h1-9,17H,10-15H2. The van der Waals surface area contributed by atoms with Crippen LogP contribution < -0.4 is 4.74 Å². The maximum absolute atomic E-state index is 14.1. The van der Waals surface area contributed by atoms with E-state index in [9.17, 15) is 17.6 Å². The molecule has 31 heavy (non-hydrogen) atoms. The van der Waals surface area contributed by atoms with E-state index >= 15 is 0 Å². The summed E-state index contributed by atoms with van der Waals surface area (Å²) in [6.45, 7) is 2.81. The van der Waals surface area contributed by atoms with Gasteiger partial charge in [0.25, 0.3) is 5.82 Å². The number of rotatable bonds is 6. The normalized spacial score (nSPS) is 15.9. The van der Waals surface area contributed by atoms with Crippen molar-refractivity contribution in [3.05, 3.63) is 71.8 Å². The van der Waals surface area contributed by atoms with Gasteiger partial charge in [0, 0.05) is 6.54 Å². The van der Waals surface area contributed by atoms with Gasteiger partial charge in [0.1, 0.15) is 11.5 Å². The fourth-order valence-electron chi connectivity index (χ4n) is 3.64. The highest BCUT2D eigenvalue weighted by atomic mass is 19.4. The van der Waals surface area contributed by atoms with Crippen LogP contribution in [0.1, 0.15) is 24.2 Å². The summed E-state index contributed by atoms with van der Waals surface area (Å²) in [6.07, 6.45) is -3.04. The number of likely N-dealkylation sites (tertiary alicyclic amines) is 1. The fraction of sp³-hybridized carbons (Fsp3) is 0.364. The van der Waals surface area contributed by atoms with E-state index in [1.165, 1.54) is 23.8 Å². The molecule has 9 heteroatoms. The number of para-hydroxylation sites is 1. The first-order chi connectivity index (χ1) is 14.9. The molecule has 0 saturated carbocycles. The predicted molar refractivity (Wildman–Crippen MR) is 106 cm³/mol. The van der Waals surface area contributed by atoms with Gasteiger partial charge in [-0.1, -0.05) is 42.5 Å². The Labute approximate surface area is 177 Å². The molecule has 0 aliphatic carbocycles.